The Labute approximate surface area is 122 Å². The van der Waals surface area contributed by atoms with Crippen LogP contribution in [0.1, 0.15) is 25.1 Å². The van der Waals surface area contributed by atoms with E-state index in [1.54, 1.807) is 6.07 Å². The molecule has 1 aliphatic heterocycles. The van der Waals surface area contributed by atoms with Crippen LogP contribution in [-0.4, -0.2) is 21.4 Å². The minimum Gasteiger partial charge on any atom is -0.483 e. The molecule has 0 radical (unpaired) electrons. The summed E-state index contributed by atoms with van der Waals surface area (Å²) in [5.74, 6) is 1.16. The number of para-hydroxylation sites is 1. The largest absolute Gasteiger partial charge is 0.483 e. The van der Waals surface area contributed by atoms with Crippen LogP contribution in [-0.2, 0) is 6.42 Å². The fourth-order valence-corrected chi connectivity index (χ4v) is 2.31. The van der Waals surface area contributed by atoms with Crippen LogP contribution in [0.4, 0.5) is 0 Å². The predicted molar refractivity (Wildman–Crippen MR) is 78.0 cm³/mol. The minimum absolute atomic E-state index is 0.127. The molecule has 3 N–H and O–H groups in total. The topological polar surface area (TPSA) is 94.1 Å². The second-order valence-electron chi connectivity index (χ2n) is 5.52. The van der Waals surface area contributed by atoms with Crippen LogP contribution in [0.15, 0.2) is 30.5 Å². The van der Waals surface area contributed by atoms with Gasteiger partial charge in [0.2, 0.25) is 0 Å². The number of nitrogens with zero attached hydrogens (tertiary/aromatic N) is 2. The van der Waals surface area contributed by atoms with E-state index in [0.717, 1.165) is 17.7 Å². The lowest BCUT2D eigenvalue weighted by atomic mass is 10.0. The van der Waals surface area contributed by atoms with Crippen molar-refractivity contribution in [3.63, 3.8) is 0 Å². The number of rotatable bonds is 3. The Hall–Kier alpha value is -2.63. The molecule has 2 aromatic rings. The van der Waals surface area contributed by atoms with E-state index in [1.165, 1.54) is 6.20 Å². The fraction of sp³-hybridized carbons (Fsp3) is 0.267. The van der Waals surface area contributed by atoms with Crippen molar-refractivity contribution in [3.05, 3.63) is 41.7 Å². The van der Waals surface area contributed by atoms with Gasteiger partial charge in [-0.3, -0.25) is 5.41 Å². The summed E-state index contributed by atoms with van der Waals surface area (Å²) in [4.78, 5) is 8.13. The summed E-state index contributed by atoms with van der Waals surface area (Å²) in [5.41, 5.74) is 6.59. The van der Waals surface area contributed by atoms with Gasteiger partial charge in [0.25, 0.3) is 0 Å². The third-order valence-corrected chi connectivity index (χ3v) is 3.17. The Kier molecular flexibility index (Phi) is 3.01. The number of nitrogens with one attached hydrogen (secondary N) is 1. The maximum atomic E-state index is 7.39. The van der Waals surface area contributed by atoms with Gasteiger partial charge in [-0.25, -0.2) is 4.98 Å². The predicted octanol–water partition coefficient (Wildman–Crippen LogP) is 2.27. The Bertz CT molecular complexity index is 713. The highest BCUT2D eigenvalue weighted by molar-refractivity contribution is 5.92. The maximum Gasteiger partial charge on any atom is 0.322 e. The number of hydrogen-bond acceptors (Lipinski definition) is 5. The molecule has 1 aromatic heterocycles. The molecule has 0 unspecified atom stereocenters. The number of nitrogens with two attached hydrogens (primary N) is 1. The lowest BCUT2D eigenvalue weighted by Crippen LogP contribution is -2.24. The van der Waals surface area contributed by atoms with E-state index in [1.807, 2.05) is 32.0 Å². The summed E-state index contributed by atoms with van der Waals surface area (Å²) in [5, 5.41) is 7.39. The van der Waals surface area contributed by atoms with Gasteiger partial charge >= 0.3 is 6.01 Å². The van der Waals surface area contributed by atoms with Crippen molar-refractivity contribution in [3.8, 4) is 17.5 Å². The van der Waals surface area contributed by atoms with Gasteiger partial charge in [-0.2, -0.15) is 4.98 Å². The van der Waals surface area contributed by atoms with Gasteiger partial charge < -0.3 is 15.2 Å². The van der Waals surface area contributed by atoms with E-state index in [2.05, 4.69) is 9.97 Å². The molecule has 0 amide bonds. The molecule has 1 aromatic carbocycles. The number of benzene rings is 1. The summed E-state index contributed by atoms with van der Waals surface area (Å²) < 4.78 is 11.6. The van der Waals surface area contributed by atoms with Gasteiger partial charge in [-0.05, 0) is 26.0 Å². The minimum atomic E-state index is -0.246. The zero-order valence-corrected chi connectivity index (χ0v) is 11.9. The molecule has 0 bridgehead atoms. The highest BCUT2D eigenvalue weighted by Gasteiger charge is 2.32. The number of hydrogen-bond donors (Lipinski definition) is 2. The molecular formula is C15H16N4O2. The van der Waals surface area contributed by atoms with Crippen molar-refractivity contribution in [2.45, 2.75) is 25.9 Å². The van der Waals surface area contributed by atoms with Crippen molar-refractivity contribution in [1.29, 1.82) is 5.41 Å². The zero-order chi connectivity index (χ0) is 15.0. The first-order chi connectivity index (χ1) is 9.94. The van der Waals surface area contributed by atoms with Crippen molar-refractivity contribution in [1.82, 2.24) is 9.97 Å². The molecule has 0 fully saturated rings. The number of aromatic nitrogens is 2. The molecule has 0 saturated carbocycles. The van der Waals surface area contributed by atoms with Gasteiger partial charge in [0.15, 0.2) is 11.5 Å². The molecule has 0 atom stereocenters. The molecule has 21 heavy (non-hydrogen) atoms. The van der Waals surface area contributed by atoms with E-state index in [4.69, 9.17) is 20.6 Å². The van der Waals surface area contributed by atoms with E-state index >= 15 is 0 Å². The highest BCUT2D eigenvalue weighted by Crippen LogP contribution is 2.42. The molecular weight excluding hydrogens is 268 g/mol. The van der Waals surface area contributed by atoms with Crippen LogP contribution in [0, 0.1) is 5.41 Å². The molecule has 0 spiro atoms. The van der Waals surface area contributed by atoms with Crippen molar-refractivity contribution in [2.75, 3.05) is 0 Å². The van der Waals surface area contributed by atoms with Gasteiger partial charge in [0, 0.05) is 18.2 Å². The van der Waals surface area contributed by atoms with E-state index in [-0.39, 0.29) is 17.4 Å². The SMILES string of the molecule is CC1(C)Cc2cccc(Oc3nccc(C(=N)N)n3)c2O1. The number of nitrogen functional groups attached to an aromatic ring is 1. The molecule has 1 aliphatic rings. The second kappa shape index (κ2) is 4.73. The van der Waals surface area contributed by atoms with Gasteiger partial charge in [0.1, 0.15) is 17.1 Å². The Morgan fingerprint density at radius 3 is 2.95 bits per heavy atom. The summed E-state index contributed by atoms with van der Waals surface area (Å²) in [6, 6.07) is 7.44. The lowest BCUT2D eigenvalue weighted by molar-refractivity contribution is 0.134. The van der Waals surface area contributed by atoms with Crippen molar-refractivity contribution < 1.29 is 9.47 Å². The molecule has 0 saturated heterocycles. The first-order valence-electron chi connectivity index (χ1n) is 6.61. The van der Waals surface area contributed by atoms with Crippen LogP contribution < -0.4 is 15.2 Å². The van der Waals surface area contributed by atoms with Gasteiger partial charge in [-0.1, -0.05) is 12.1 Å². The average molecular weight is 284 g/mol. The summed E-state index contributed by atoms with van der Waals surface area (Å²) in [6.07, 6.45) is 2.33. The summed E-state index contributed by atoms with van der Waals surface area (Å²) >= 11 is 0. The van der Waals surface area contributed by atoms with E-state index < -0.39 is 0 Å². The highest BCUT2D eigenvalue weighted by atomic mass is 16.5. The van der Waals surface area contributed by atoms with Crippen LogP contribution in [0.5, 0.6) is 17.5 Å². The monoisotopic (exact) mass is 284 g/mol. The molecule has 108 valence electrons. The standard InChI is InChI=1S/C15H16N4O2/c1-15(2)8-9-4-3-5-11(12(9)21-15)20-14-18-7-6-10(19-14)13(16)17/h3-7H,8H2,1-2H3,(H3,16,17). The summed E-state index contributed by atoms with van der Waals surface area (Å²) in [7, 11) is 0. The second-order valence-corrected chi connectivity index (χ2v) is 5.52. The number of amidine groups is 1. The Morgan fingerprint density at radius 1 is 1.38 bits per heavy atom. The number of fused-ring (bicyclic) bond motifs is 1. The lowest BCUT2D eigenvalue weighted by Gasteiger charge is -2.17. The van der Waals surface area contributed by atoms with E-state index in [0.29, 0.717) is 11.4 Å². The molecule has 6 nitrogen and oxygen atoms in total. The first-order valence-corrected chi connectivity index (χ1v) is 6.61. The third kappa shape index (κ3) is 2.65. The molecule has 3 rings (SSSR count). The van der Waals surface area contributed by atoms with Crippen molar-refractivity contribution in [2.24, 2.45) is 5.73 Å². The van der Waals surface area contributed by atoms with Gasteiger partial charge in [0.05, 0.1) is 0 Å². The van der Waals surface area contributed by atoms with Crippen LogP contribution in [0.25, 0.3) is 0 Å². The average Bonchev–Trinajstić information content (AvgIpc) is 2.74. The zero-order valence-electron chi connectivity index (χ0n) is 11.9. The molecule has 2 heterocycles. The first kappa shape index (κ1) is 13.4. The van der Waals surface area contributed by atoms with Gasteiger partial charge in [-0.15, -0.1) is 0 Å². The third-order valence-electron chi connectivity index (χ3n) is 3.17. The van der Waals surface area contributed by atoms with Crippen LogP contribution in [0.2, 0.25) is 0 Å². The maximum absolute atomic E-state index is 7.39. The Balaban J connectivity index is 1.92. The van der Waals surface area contributed by atoms with Crippen molar-refractivity contribution >= 4 is 5.84 Å². The quantitative estimate of drug-likeness (QED) is 0.666. The normalized spacial score (nSPS) is 15.1. The van der Waals surface area contributed by atoms with Crippen LogP contribution >= 0.6 is 0 Å². The number of ether oxygens (including phenoxy) is 2. The van der Waals surface area contributed by atoms with E-state index in [9.17, 15) is 0 Å². The smallest absolute Gasteiger partial charge is 0.322 e. The Morgan fingerprint density at radius 2 is 2.19 bits per heavy atom. The summed E-state index contributed by atoms with van der Waals surface area (Å²) in [6.45, 7) is 4.06. The molecule has 0 aliphatic carbocycles. The molecule has 6 heteroatoms. The van der Waals surface area contributed by atoms with Crippen LogP contribution in [0.3, 0.4) is 0 Å². The fourth-order valence-electron chi connectivity index (χ4n) is 2.31.